The fourth-order valence-corrected chi connectivity index (χ4v) is 0.931. The Morgan fingerprint density at radius 3 is 2.17 bits per heavy atom. The number of nitrogens with two attached hydrogens (primary N) is 1. The zero-order valence-corrected chi connectivity index (χ0v) is 8.23. The summed E-state index contributed by atoms with van der Waals surface area (Å²) in [5, 5.41) is 0.818. The van der Waals surface area contributed by atoms with E-state index in [1.165, 1.54) is 17.3 Å². The SMILES string of the molecule is C=CN.Cc1ccc(Cl)cc1C. The summed E-state index contributed by atoms with van der Waals surface area (Å²) in [5.74, 6) is 0. The Kier molecular flexibility index (Phi) is 5.22. The van der Waals surface area contributed by atoms with Crippen LogP contribution in [0, 0.1) is 13.8 Å². The van der Waals surface area contributed by atoms with Crippen LogP contribution in [0.2, 0.25) is 5.02 Å². The number of rotatable bonds is 0. The molecule has 0 atom stereocenters. The van der Waals surface area contributed by atoms with Crippen molar-refractivity contribution in [1.29, 1.82) is 0 Å². The van der Waals surface area contributed by atoms with Gasteiger partial charge in [0.05, 0.1) is 0 Å². The monoisotopic (exact) mass is 183 g/mol. The van der Waals surface area contributed by atoms with Crippen LogP contribution in [0.5, 0.6) is 0 Å². The molecule has 0 aromatic heterocycles. The molecule has 0 aliphatic heterocycles. The molecule has 1 rings (SSSR count). The Morgan fingerprint density at radius 1 is 1.33 bits per heavy atom. The minimum Gasteiger partial charge on any atom is -0.405 e. The summed E-state index contributed by atoms with van der Waals surface area (Å²) < 4.78 is 0. The molecule has 0 amide bonds. The van der Waals surface area contributed by atoms with Crippen molar-refractivity contribution in [3.8, 4) is 0 Å². The minimum atomic E-state index is 0.818. The lowest BCUT2D eigenvalue weighted by Gasteiger charge is -1.97. The van der Waals surface area contributed by atoms with E-state index < -0.39 is 0 Å². The van der Waals surface area contributed by atoms with Crippen molar-refractivity contribution in [2.45, 2.75) is 13.8 Å². The molecule has 2 heteroatoms. The second-order valence-electron chi connectivity index (χ2n) is 2.46. The number of halogens is 1. The largest absolute Gasteiger partial charge is 0.405 e. The topological polar surface area (TPSA) is 26.0 Å². The molecule has 0 aliphatic carbocycles. The molecule has 1 nitrogen and oxygen atoms in total. The van der Waals surface area contributed by atoms with E-state index in [4.69, 9.17) is 11.6 Å². The summed E-state index contributed by atoms with van der Waals surface area (Å²) in [6, 6.07) is 5.90. The van der Waals surface area contributed by atoms with Gasteiger partial charge in [-0.1, -0.05) is 24.2 Å². The quantitative estimate of drug-likeness (QED) is 0.658. The highest BCUT2D eigenvalue weighted by atomic mass is 35.5. The highest BCUT2D eigenvalue weighted by Gasteiger charge is 1.90. The van der Waals surface area contributed by atoms with Crippen molar-refractivity contribution in [3.63, 3.8) is 0 Å². The fourth-order valence-electron chi connectivity index (χ4n) is 0.705. The molecule has 1 aromatic carbocycles. The van der Waals surface area contributed by atoms with Gasteiger partial charge in [0.15, 0.2) is 0 Å². The average Bonchev–Trinajstić information content (AvgIpc) is 1.99. The van der Waals surface area contributed by atoms with E-state index in [1.807, 2.05) is 18.2 Å². The van der Waals surface area contributed by atoms with E-state index in [-0.39, 0.29) is 0 Å². The van der Waals surface area contributed by atoms with Crippen LogP contribution in [0.1, 0.15) is 11.1 Å². The molecule has 0 aliphatic rings. The van der Waals surface area contributed by atoms with Crippen molar-refractivity contribution in [2.75, 3.05) is 0 Å². The first-order chi connectivity index (χ1) is 5.61. The molecule has 0 saturated carbocycles. The smallest absolute Gasteiger partial charge is 0.0408 e. The van der Waals surface area contributed by atoms with Gasteiger partial charge in [0.25, 0.3) is 0 Å². The van der Waals surface area contributed by atoms with E-state index in [9.17, 15) is 0 Å². The average molecular weight is 184 g/mol. The second-order valence-corrected chi connectivity index (χ2v) is 2.90. The molecular formula is C10H14ClN. The van der Waals surface area contributed by atoms with E-state index in [0.29, 0.717) is 0 Å². The molecule has 0 saturated heterocycles. The van der Waals surface area contributed by atoms with Crippen LogP contribution in [-0.4, -0.2) is 0 Å². The van der Waals surface area contributed by atoms with E-state index >= 15 is 0 Å². The van der Waals surface area contributed by atoms with Gasteiger partial charge < -0.3 is 5.73 Å². The molecule has 0 heterocycles. The van der Waals surface area contributed by atoms with Gasteiger partial charge >= 0.3 is 0 Å². The van der Waals surface area contributed by atoms with Gasteiger partial charge in [0.1, 0.15) is 0 Å². The Balaban J connectivity index is 0.000000354. The third-order valence-corrected chi connectivity index (χ3v) is 1.70. The molecule has 1 aromatic rings. The Hall–Kier alpha value is -0.950. The lowest BCUT2D eigenvalue weighted by Crippen LogP contribution is -1.77. The van der Waals surface area contributed by atoms with Crippen LogP contribution < -0.4 is 5.73 Å². The third-order valence-electron chi connectivity index (χ3n) is 1.47. The summed E-state index contributed by atoms with van der Waals surface area (Å²) in [7, 11) is 0. The maximum atomic E-state index is 5.72. The summed E-state index contributed by atoms with van der Waals surface area (Å²) >= 11 is 5.72. The Bertz CT molecular complexity index is 256. The summed E-state index contributed by atoms with van der Waals surface area (Å²) in [5.41, 5.74) is 7.15. The van der Waals surface area contributed by atoms with Crippen molar-refractivity contribution < 1.29 is 0 Å². The molecule has 2 N–H and O–H groups in total. The van der Waals surface area contributed by atoms with Gasteiger partial charge in [-0.15, -0.1) is 0 Å². The normalized spacial score (nSPS) is 8.25. The van der Waals surface area contributed by atoms with Gasteiger partial charge in [-0.2, -0.15) is 0 Å². The van der Waals surface area contributed by atoms with Crippen molar-refractivity contribution >= 4 is 11.6 Å². The molecule has 0 spiro atoms. The van der Waals surface area contributed by atoms with Crippen LogP contribution in [0.3, 0.4) is 0 Å². The predicted octanol–water partition coefficient (Wildman–Crippen LogP) is 3.05. The van der Waals surface area contributed by atoms with Crippen LogP contribution in [-0.2, 0) is 0 Å². The molecule has 0 radical (unpaired) electrons. The molecule has 0 unspecified atom stereocenters. The highest BCUT2D eigenvalue weighted by Crippen LogP contribution is 2.13. The maximum absolute atomic E-state index is 5.72. The molecule has 0 fully saturated rings. The maximum Gasteiger partial charge on any atom is 0.0408 e. The lowest BCUT2D eigenvalue weighted by atomic mass is 10.1. The molecular weight excluding hydrogens is 170 g/mol. The molecule has 66 valence electrons. The van der Waals surface area contributed by atoms with E-state index in [2.05, 4.69) is 26.2 Å². The summed E-state index contributed by atoms with van der Waals surface area (Å²) in [6.07, 6.45) is 1.25. The fraction of sp³-hybridized carbons (Fsp3) is 0.200. The van der Waals surface area contributed by atoms with Crippen LogP contribution in [0.25, 0.3) is 0 Å². The minimum absolute atomic E-state index is 0.818. The number of aryl methyl sites for hydroxylation is 2. The van der Waals surface area contributed by atoms with Gasteiger partial charge in [0, 0.05) is 5.02 Å². The van der Waals surface area contributed by atoms with Crippen LogP contribution in [0.15, 0.2) is 31.0 Å². The van der Waals surface area contributed by atoms with Gasteiger partial charge in [-0.05, 0) is 43.3 Å². The van der Waals surface area contributed by atoms with Gasteiger partial charge in [-0.3, -0.25) is 0 Å². The van der Waals surface area contributed by atoms with Gasteiger partial charge in [-0.25, -0.2) is 0 Å². The predicted molar refractivity (Wildman–Crippen MR) is 55.3 cm³/mol. The van der Waals surface area contributed by atoms with Gasteiger partial charge in [0.2, 0.25) is 0 Å². The zero-order chi connectivity index (χ0) is 9.56. The summed E-state index contributed by atoms with van der Waals surface area (Å²) in [6.45, 7) is 7.27. The Labute approximate surface area is 78.9 Å². The standard InChI is InChI=1S/C8H9Cl.C2H5N/c1-6-3-4-8(9)5-7(6)2;1-2-3/h3-5H,1-2H3;2H,1,3H2. The first-order valence-corrected chi connectivity index (χ1v) is 4.05. The summed E-state index contributed by atoms with van der Waals surface area (Å²) in [4.78, 5) is 0. The number of benzene rings is 1. The van der Waals surface area contributed by atoms with Crippen LogP contribution in [0.4, 0.5) is 0 Å². The van der Waals surface area contributed by atoms with Crippen LogP contribution >= 0.6 is 11.6 Å². The van der Waals surface area contributed by atoms with E-state index in [1.54, 1.807) is 0 Å². The van der Waals surface area contributed by atoms with Crippen molar-refractivity contribution in [2.24, 2.45) is 5.73 Å². The first kappa shape index (κ1) is 11.1. The highest BCUT2D eigenvalue weighted by molar-refractivity contribution is 6.30. The third kappa shape index (κ3) is 4.04. The van der Waals surface area contributed by atoms with Crippen molar-refractivity contribution in [1.82, 2.24) is 0 Å². The molecule has 12 heavy (non-hydrogen) atoms. The zero-order valence-electron chi connectivity index (χ0n) is 7.47. The second kappa shape index (κ2) is 5.67. The first-order valence-electron chi connectivity index (χ1n) is 3.67. The molecule has 0 bridgehead atoms. The Morgan fingerprint density at radius 2 is 1.83 bits per heavy atom. The lowest BCUT2D eigenvalue weighted by molar-refractivity contribution is 1.34. The van der Waals surface area contributed by atoms with E-state index in [0.717, 1.165) is 5.02 Å². The number of hydrogen-bond acceptors (Lipinski definition) is 1. The number of hydrogen-bond donors (Lipinski definition) is 1. The van der Waals surface area contributed by atoms with Crippen molar-refractivity contribution in [3.05, 3.63) is 47.1 Å².